The fourth-order valence-electron chi connectivity index (χ4n) is 5.22. The summed E-state index contributed by atoms with van der Waals surface area (Å²) in [5, 5.41) is 3.74. The molecule has 5 rings (SSSR count). The summed E-state index contributed by atoms with van der Waals surface area (Å²) in [6, 6.07) is 0. The van der Waals surface area contributed by atoms with E-state index < -0.39 is 0 Å². The first-order valence-electron chi connectivity index (χ1n) is 7.60. The van der Waals surface area contributed by atoms with Gasteiger partial charge in [0.15, 0.2) is 0 Å². The van der Waals surface area contributed by atoms with Crippen molar-refractivity contribution in [1.82, 2.24) is 4.98 Å². The molecule has 4 bridgehead atoms. The third kappa shape index (κ3) is 1.61. The molecule has 0 aromatic carbocycles. The van der Waals surface area contributed by atoms with Crippen molar-refractivity contribution in [3.63, 3.8) is 0 Å². The van der Waals surface area contributed by atoms with E-state index in [-0.39, 0.29) is 0 Å². The van der Waals surface area contributed by atoms with Crippen LogP contribution in [0.3, 0.4) is 0 Å². The summed E-state index contributed by atoms with van der Waals surface area (Å²) in [6.45, 7) is 4.53. The molecule has 1 aromatic rings. The summed E-state index contributed by atoms with van der Waals surface area (Å²) in [5.41, 5.74) is 1.97. The van der Waals surface area contributed by atoms with E-state index in [0.717, 1.165) is 17.8 Å². The van der Waals surface area contributed by atoms with Gasteiger partial charge in [0.25, 0.3) is 0 Å². The van der Waals surface area contributed by atoms with Crippen molar-refractivity contribution >= 4 is 11.3 Å². The Bertz CT molecular complexity index is 424. The largest absolute Gasteiger partial charge is 0.245 e. The van der Waals surface area contributed by atoms with Crippen LogP contribution in [0.15, 0.2) is 5.38 Å². The lowest BCUT2D eigenvalue weighted by molar-refractivity contribution is -0.00699. The lowest BCUT2D eigenvalue weighted by Gasteiger charge is -2.56. The number of thiazole rings is 1. The van der Waals surface area contributed by atoms with Gasteiger partial charge in [-0.1, -0.05) is 13.8 Å². The van der Waals surface area contributed by atoms with Crippen LogP contribution in [-0.2, 0) is 5.41 Å². The first kappa shape index (κ1) is 11.5. The van der Waals surface area contributed by atoms with Crippen LogP contribution in [0.1, 0.15) is 69.0 Å². The summed E-state index contributed by atoms with van der Waals surface area (Å²) >= 11 is 1.90. The molecule has 4 saturated carbocycles. The van der Waals surface area contributed by atoms with Crippen molar-refractivity contribution in [1.29, 1.82) is 0 Å². The summed E-state index contributed by atoms with van der Waals surface area (Å²) in [7, 11) is 0. The molecule has 0 saturated heterocycles. The van der Waals surface area contributed by atoms with Gasteiger partial charge in [-0.2, -0.15) is 0 Å². The van der Waals surface area contributed by atoms with Crippen molar-refractivity contribution in [2.24, 2.45) is 17.8 Å². The van der Waals surface area contributed by atoms with Gasteiger partial charge < -0.3 is 0 Å². The topological polar surface area (TPSA) is 12.9 Å². The number of rotatable bonds is 2. The second-order valence-corrected chi connectivity index (χ2v) is 8.31. The van der Waals surface area contributed by atoms with Crippen LogP contribution in [0, 0.1) is 17.8 Å². The van der Waals surface area contributed by atoms with Crippen LogP contribution in [0.2, 0.25) is 0 Å². The second kappa shape index (κ2) is 3.82. The SMILES string of the molecule is CC(C)c1nc(C23CC4CC(CC(C4)C2)C3)cs1. The Balaban J connectivity index is 1.70. The van der Waals surface area contributed by atoms with Crippen LogP contribution in [0.4, 0.5) is 0 Å². The van der Waals surface area contributed by atoms with Gasteiger partial charge in [0.05, 0.1) is 10.7 Å². The van der Waals surface area contributed by atoms with Crippen molar-refractivity contribution in [3.05, 3.63) is 16.1 Å². The minimum atomic E-state index is 0.498. The molecule has 4 aliphatic carbocycles. The lowest BCUT2D eigenvalue weighted by Crippen LogP contribution is -2.48. The summed E-state index contributed by atoms with van der Waals surface area (Å²) in [4.78, 5) is 5.02. The first-order chi connectivity index (χ1) is 8.64. The van der Waals surface area contributed by atoms with Gasteiger partial charge in [-0.25, -0.2) is 4.98 Å². The quantitative estimate of drug-likeness (QED) is 0.749. The zero-order valence-electron chi connectivity index (χ0n) is 11.5. The van der Waals surface area contributed by atoms with Crippen molar-refractivity contribution in [3.8, 4) is 0 Å². The highest BCUT2D eigenvalue weighted by molar-refractivity contribution is 7.09. The molecule has 98 valence electrons. The first-order valence-corrected chi connectivity index (χ1v) is 8.48. The Labute approximate surface area is 114 Å². The van der Waals surface area contributed by atoms with E-state index in [9.17, 15) is 0 Å². The Morgan fingerprint density at radius 2 is 1.67 bits per heavy atom. The van der Waals surface area contributed by atoms with E-state index in [4.69, 9.17) is 4.98 Å². The van der Waals surface area contributed by atoms with Gasteiger partial charge in [-0.15, -0.1) is 11.3 Å². The molecule has 0 N–H and O–H groups in total. The van der Waals surface area contributed by atoms with Crippen LogP contribution < -0.4 is 0 Å². The molecule has 2 heteroatoms. The molecule has 1 heterocycles. The molecule has 4 fully saturated rings. The Kier molecular flexibility index (Phi) is 2.43. The minimum Gasteiger partial charge on any atom is -0.245 e. The van der Waals surface area contributed by atoms with Gasteiger partial charge >= 0.3 is 0 Å². The molecule has 0 atom stereocenters. The molecule has 0 radical (unpaired) electrons. The van der Waals surface area contributed by atoms with Crippen LogP contribution >= 0.6 is 11.3 Å². The number of hydrogen-bond acceptors (Lipinski definition) is 2. The van der Waals surface area contributed by atoms with E-state index in [1.165, 1.54) is 49.2 Å². The maximum atomic E-state index is 5.02. The highest BCUT2D eigenvalue weighted by Crippen LogP contribution is 2.60. The molecule has 0 unspecified atom stereocenters. The number of aromatic nitrogens is 1. The van der Waals surface area contributed by atoms with E-state index in [1.54, 1.807) is 0 Å². The number of nitrogens with zero attached hydrogens (tertiary/aromatic N) is 1. The van der Waals surface area contributed by atoms with Crippen molar-refractivity contribution in [2.75, 3.05) is 0 Å². The highest BCUT2D eigenvalue weighted by Gasteiger charge is 2.52. The van der Waals surface area contributed by atoms with Crippen LogP contribution in [-0.4, -0.2) is 4.98 Å². The average Bonchev–Trinajstić information content (AvgIpc) is 2.76. The maximum absolute atomic E-state index is 5.02. The minimum absolute atomic E-state index is 0.498. The monoisotopic (exact) mass is 261 g/mol. The Morgan fingerprint density at radius 3 is 2.11 bits per heavy atom. The Morgan fingerprint density at radius 1 is 1.11 bits per heavy atom. The van der Waals surface area contributed by atoms with Gasteiger partial charge in [0, 0.05) is 16.7 Å². The number of hydrogen-bond donors (Lipinski definition) is 0. The van der Waals surface area contributed by atoms with E-state index in [1.807, 2.05) is 11.3 Å². The van der Waals surface area contributed by atoms with Crippen molar-refractivity contribution < 1.29 is 0 Å². The summed E-state index contributed by atoms with van der Waals surface area (Å²) in [6.07, 6.45) is 8.92. The molecule has 1 nitrogen and oxygen atoms in total. The molecule has 1 aromatic heterocycles. The fraction of sp³-hybridized carbons (Fsp3) is 0.812. The average molecular weight is 261 g/mol. The van der Waals surface area contributed by atoms with E-state index in [2.05, 4.69) is 19.2 Å². The zero-order chi connectivity index (χ0) is 12.3. The molecule has 0 amide bonds. The lowest BCUT2D eigenvalue weighted by atomic mass is 9.49. The highest BCUT2D eigenvalue weighted by atomic mass is 32.1. The van der Waals surface area contributed by atoms with Crippen molar-refractivity contribution in [2.45, 2.75) is 63.7 Å². The third-order valence-electron chi connectivity index (χ3n) is 5.60. The molecule has 0 spiro atoms. The standard InChI is InChI=1S/C16H23NS/c1-10(2)15-17-14(9-18-15)16-6-11-3-12(7-16)5-13(4-11)8-16/h9-13H,3-8H2,1-2H3. The van der Waals surface area contributed by atoms with Gasteiger partial charge in [0.1, 0.15) is 0 Å². The third-order valence-corrected chi connectivity index (χ3v) is 6.74. The van der Waals surface area contributed by atoms with Gasteiger partial charge in [0.2, 0.25) is 0 Å². The normalized spacial score (nSPS) is 41.8. The molecular formula is C16H23NS. The zero-order valence-corrected chi connectivity index (χ0v) is 12.3. The summed E-state index contributed by atoms with van der Waals surface area (Å²) < 4.78 is 0. The van der Waals surface area contributed by atoms with Gasteiger partial charge in [-0.3, -0.25) is 0 Å². The predicted molar refractivity (Wildman–Crippen MR) is 76.1 cm³/mol. The molecule has 18 heavy (non-hydrogen) atoms. The predicted octanol–water partition coefficient (Wildman–Crippen LogP) is 4.73. The molecule has 4 aliphatic rings. The van der Waals surface area contributed by atoms with E-state index in [0.29, 0.717) is 11.3 Å². The van der Waals surface area contributed by atoms with E-state index >= 15 is 0 Å². The Hall–Kier alpha value is -0.370. The summed E-state index contributed by atoms with van der Waals surface area (Å²) in [5.74, 6) is 3.68. The second-order valence-electron chi connectivity index (χ2n) is 7.42. The fourth-order valence-corrected chi connectivity index (χ4v) is 6.18. The van der Waals surface area contributed by atoms with Gasteiger partial charge in [-0.05, 0) is 56.3 Å². The van der Waals surface area contributed by atoms with Crippen LogP contribution in [0.25, 0.3) is 0 Å². The smallest absolute Gasteiger partial charge is 0.0953 e. The molecule has 0 aliphatic heterocycles. The maximum Gasteiger partial charge on any atom is 0.0953 e. The molecular weight excluding hydrogens is 238 g/mol. The van der Waals surface area contributed by atoms with Crippen LogP contribution in [0.5, 0.6) is 0 Å².